The van der Waals surface area contributed by atoms with Gasteiger partial charge in [-0.25, -0.2) is 0 Å². The van der Waals surface area contributed by atoms with Crippen molar-refractivity contribution in [3.8, 4) is 6.07 Å². The Kier molecular flexibility index (Phi) is 11.8. The number of hydrogen-bond donors (Lipinski definition) is 0. The molecule has 2 heteroatoms. The average molecular weight is 448 g/mol. The summed E-state index contributed by atoms with van der Waals surface area (Å²) in [7, 11) is 0. The van der Waals surface area contributed by atoms with Crippen LogP contribution in [-0.2, 0) is 11.2 Å². The lowest BCUT2D eigenvalue weighted by Crippen LogP contribution is -2.25. The average Bonchev–Trinajstić information content (AvgIpc) is 2.86. The van der Waals surface area contributed by atoms with Crippen LogP contribution in [0.25, 0.3) is 0 Å². The summed E-state index contributed by atoms with van der Waals surface area (Å²) in [5.41, 5.74) is 3.07. The van der Waals surface area contributed by atoms with Gasteiger partial charge in [-0.05, 0) is 106 Å². The van der Waals surface area contributed by atoms with Gasteiger partial charge in [0.2, 0.25) is 0 Å². The summed E-state index contributed by atoms with van der Waals surface area (Å²) in [4.78, 5) is 0. The molecule has 0 bridgehead atoms. The molecule has 2 fully saturated rings. The first-order valence-electron chi connectivity index (χ1n) is 13.7. The van der Waals surface area contributed by atoms with E-state index in [0.717, 1.165) is 30.8 Å². The summed E-state index contributed by atoms with van der Waals surface area (Å²) >= 11 is 0. The van der Waals surface area contributed by atoms with E-state index in [-0.39, 0.29) is 0 Å². The molecule has 1 aromatic carbocycles. The first kappa shape index (κ1) is 25.8. The number of nitrogens with zero attached hydrogens (tertiary/aromatic N) is 1. The van der Waals surface area contributed by atoms with Crippen molar-refractivity contribution in [2.75, 3.05) is 6.61 Å². The van der Waals surface area contributed by atoms with Crippen molar-refractivity contribution in [3.63, 3.8) is 0 Å². The molecule has 0 atom stereocenters. The number of nitriles is 1. The largest absolute Gasteiger partial charge is 0.378 e. The third-order valence-electron chi connectivity index (χ3n) is 7.89. The number of unbranched alkanes of at least 4 members (excludes halogenated alkanes) is 2. The second kappa shape index (κ2) is 15.1. The van der Waals surface area contributed by atoms with Gasteiger partial charge >= 0.3 is 0 Å². The van der Waals surface area contributed by atoms with Gasteiger partial charge in [0.1, 0.15) is 0 Å². The van der Waals surface area contributed by atoms with Gasteiger partial charge in [-0.1, -0.05) is 62.3 Å². The first-order chi connectivity index (χ1) is 16.3. The molecule has 0 spiro atoms. The second-order valence-corrected chi connectivity index (χ2v) is 10.4. The lowest BCUT2D eigenvalue weighted by molar-refractivity contribution is -0.00824. The van der Waals surface area contributed by atoms with Crippen molar-refractivity contribution in [3.05, 3.63) is 59.7 Å². The van der Waals surface area contributed by atoms with E-state index in [1.54, 1.807) is 5.56 Å². The minimum Gasteiger partial charge on any atom is -0.378 e. The Morgan fingerprint density at radius 2 is 1.64 bits per heavy atom. The SMILES string of the molecule is CCCCCc1ccc(C2CCC(COC3CCC(CC/C=C/C=C/C#N)CC3)CC2)cc1. The maximum Gasteiger partial charge on any atom is 0.0912 e. The quantitative estimate of drug-likeness (QED) is 0.182. The Labute approximate surface area is 203 Å². The Hall–Kier alpha value is -1.85. The zero-order valence-electron chi connectivity index (χ0n) is 20.9. The maximum atomic E-state index is 8.49. The van der Waals surface area contributed by atoms with Gasteiger partial charge in [-0.2, -0.15) is 5.26 Å². The molecule has 2 aliphatic rings. The molecule has 2 nitrogen and oxygen atoms in total. The molecule has 2 aliphatic carbocycles. The van der Waals surface area contributed by atoms with Gasteiger partial charge in [0.15, 0.2) is 0 Å². The predicted octanol–water partition coefficient (Wildman–Crippen LogP) is 8.68. The molecule has 180 valence electrons. The molecular weight excluding hydrogens is 402 g/mol. The standard InChI is InChI=1S/C31H45NO/c1-2-3-7-10-26-12-18-29(19-13-26)30-20-14-28(15-21-30)25-33-31-22-16-27(17-23-31)11-8-5-4-6-9-24-32/h4-6,9,12-13,18-19,27-28,30-31H,2-3,7-8,10-11,14-17,20-23,25H2,1H3/b5-4+,9-6+. The number of rotatable bonds is 12. The molecule has 1 aromatic rings. The van der Waals surface area contributed by atoms with Crippen LogP contribution in [0.5, 0.6) is 0 Å². The van der Waals surface area contributed by atoms with Crippen LogP contribution in [0.1, 0.15) is 107 Å². The predicted molar refractivity (Wildman–Crippen MR) is 139 cm³/mol. The van der Waals surface area contributed by atoms with Crippen LogP contribution in [0, 0.1) is 23.2 Å². The lowest BCUT2D eigenvalue weighted by Gasteiger charge is -2.32. The Morgan fingerprint density at radius 1 is 0.909 bits per heavy atom. The van der Waals surface area contributed by atoms with E-state index in [4.69, 9.17) is 10.00 Å². The Balaban J connectivity index is 1.27. The van der Waals surface area contributed by atoms with Gasteiger partial charge in [-0.3, -0.25) is 0 Å². The third-order valence-corrected chi connectivity index (χ3v) is 7.89. The number of benzene rings is 1. The highest BCUT2D eigenvalue weighted by atomic mass is 16.5. The molecule has 0 saturated heterocycles. The molecule has 33 heavy (non-hydrogen) atoms. The number of ether oxygens (including phenoxy) is 1. The summed E-state index contributed by atoms with van der Waals surface area (Å²) in [6.07, 6.45) is 26.0. The number of hydrogen-bond acceptors (Lipinski definition) is 2. The van der Waals surface area contributed by atoms with E-state index in [1.165, 1.54) is 95.1 Å². The molecule has 2 saturated carbocycles. The van der Waals surface area contributed by atoms with E-state index in [1.807, 2.05) is 18.2 Å². The summed E-state index contributed by atoms with van der Waals surface area (Å²) < 4.78 is 6.39. The van der Waals surface area contributed by atoms with Crippen LogP contribution < -0.4 is 0 Å². The lowest BCUT2D eigenvalue weighted by atomic mass is 9.78. The van der Waals surface area contributed by atoms with Gasteiger partial charge in [0.05, 0.1) is 12.2 Å². The zero-order valence-corrected chi connectivity index (χ0v) is 20.9. The summed E-state index contributed by atoms with van der Waals surface area (Å²) in [5, 5.41) is 8.49. The monoisotopic (exact) mass is 447 g/mol. The van der Waals surface area contributed by atoms with Crippen LogP contribution in [0.2, 0.25) is 0 Å². The number of aryl methyl sites for hydroxylation is 1. The van der Waals surface area contributed by atoms with Crippen molar-refractivity contribution >= 4 is 0 Å². The van der Waals surface area contributed by atoms with Gasteiger partial charge < -0.3 is 4.74 Å². The van der Waals surface area contributed by atoms with Crippen LogP contribution in [0.15, 0.2) is 48.6 Å². The third kappa shape index (κ3) is 9.50. The fourth-order valence-corrected chi connectivity index (χ4v) is 5.66. The molecule has 0 aliphatic heterocycles. The van der Waals surface area contributed by atoms with E-state index in [9.17, 15) is 0 Å². The Morgan fingerprint density at radius 3 is 2.33 bits per heavy atom. The molecule has 0 N–H and O–H groups in total. The van der Waals surface area contributed by atoms with Gasteiger partial charge in [0, 0.05) is 12.7 Å². The van der Waals surface area contributed by atoms with E-state index in [2.05, 4.69) is 37.3 Å². The van der Waals surface area contributed by atoms with Crippen molar-refractivity contribution in [2.24, 2.45) is 11.8 Å². The molecule has 0 heterocycles. The molecule has 0 aromatic heterocycles. The van der Waals surface area contributed by atoms with E-state index >= 15 is 0 Å². The van der Waals surface area contributed by atoms with Crippen molar-refractivity contribution in [2.45, 2.75) is 109 Å². The van der Waals surface area contributed by atoms with Gasteiger partial charge in [0.25, 0.3) is 0 Å². The summed E-state index contributed by atoms with van der Waals surface area (Å²) in [6, 6.07) is 11.6. The molecule has 0 amide bonds. The maximum absolute atomic E-state index is 8.49. The van der Waals surface area contributed by atoms with E-state index < -0.39 is 0 Å². The molecular formula is C31H45NO. The van der Waals surface area contributed by atoms with Crippen LogP contribution >= 0.6 is 0 Å². The van der Waals surface area contributed by atoms with Crippen molar-refractivity contribution in [1.29, 1.82) is 5.26 Å². The topological polar surface area (TPSA) is 33.0 Å². The minimum absolute atomic E-state index is 0.494. The van der Waals surface area contributed by atoms with Crippen LogP contribution in [-0.4, -0.2) is 12.7 Å². The smallest absolute Gasteiger partial charge is 0.0912 e. The summed E-state index contributed by atoms with van der Waals surface area (Å²) in [6.45, 7) is 3.25. The van der Waals surface area contributed by atoms with Crippen molar-refractivity contribution < 1.29 is 4.74 Å². The van der Waals surface area contributed by atoms with Crippen LogP contribution in [0.4, 0.5) is 0 Å². The van der Waals surface area contributed by atoms with Gasteiger partial charge in [-0.15, -0.1) is 0 Å². The number of allylic oxidation sites excluding steroid dienone is 4. The van der Waals surface area contributed by atoms with E-state index in [0.29, 0.717) is 6.10 Å². The fraction of sp³-hybridized carbons (Fsp3) is 0.645. The molecule has 0 radical (unpaired) electrons. The molecule has 3 rings (SSSR count). The minimum atomic E-state index is 0.494. The first-order valence-corrected chi connectivity index (χ1v) is 13.7. The highest BCUT2D eigenvalue weighted by Crippen LogP contribution is 2.37. The second-order valence-electron chi connectivity index (χ2n) is 10.4. The highest BCUT2D eigenvalue weighted by molar-refractivity contribution is 5.26. The summed E-state index contributed by atoms with van der Waals surface area (Å²) in [5.74, 6) is 2.37. The normalized spacial score (nSPS) is 26.1. The highest BCUT2D eigenvalue weighted by Gasteiger charge is 2.25. The fourth-order valence-electron chi connectivity index (χ4n) is 5.66. The van der Waals surface area contributed by atoms with Crippen LogP contribution in [0.3, 0.4) is 0 Å². The zero-order chi connectivity index (χ0) is 23.1. The molecule has 0 unspecified atom stereocenters. The van der Waals surface area contributed by atoms with Crippen molar-refractivity contribution in [1.82, 2.24) is 0 Å². The Bertz CT molecular complexity index is 740.